The SMILES string of the molecule is CCNC(=NCC(C)(C)SC)N1CCN(Cc2cc(C)on2)CC1. The highest BCUT2D eigenvalue weighted by molar-refractivity contribution is 7.99. The molecule has 24 heavy (non-hydrogen) atoms. The van der Waals surface area contributed by atoms with Gasteiger partial charge in [-0.3, -0.25) is 9.89 Å². The summed E-state index contributed by atoms with van der Waals surface area (Å²) in [6.45, 7) is 15.1. The van der Waals surface area contributed by atoms with Crippen LogP contribution in [0.5, 0.6) is 0 Å². The van der Waals surface area contributed by atoms with Gasteiger partial charge in [0.05, 0.1) is 12.2 Å². The van der Waals surface area contributed by atoms with Gasteiger partial charge >= 0.3 is 0 Å². The number of hydrogen-bond donors (Lipinski definition) is 1. The topological polar surface area (TPSA) is 56.9 Å². The Morgan fingerprint density at radius 3 is 2.62 bits per heavy atom. The maximum atomic E-state index is 5.15. The lowest BCUT2D eigenvalue weighted by Crippen LogP contribution is -2.52. The summed E-state index contributed by atoms with van der Waals surface area (Å²) in [5.74, 6) is 1.91. The summed E-state index contributed by atoms with van der Waals surface area (Å²) in [6, 6.07) is 2.02. The molecule has 0 aromatic carbocycles. The van der Waals surface area contributed by atoms with Gasteiger partial charge in [-0.2, -0.15) is 11.8 Å². The van der Waals surface area contributed by atoms with Crippen molar-refractivity contribution in [1.29, 1.82) is 0 Å². The quantitative estimate of drug-likeness (QED) is 0.625. The molecule has 1 aliphatic heterocycles. The Hall–Kier alpha value is -1.21. The molecule has 0 aliphatic carbocycles. The van der Waals surface area contributed by atoms with Crippen LogP contribution in [-0.2, 0) is 6.54 Å². The number of thioether (sulfide) groups is 1. The number of guanidine groups is 1. The molecule has 0 unspecified atom stereocenters. The Balaban J connectivity index is 1.88. The van der Waals surface area contributed by atoms with Crippen LogP contribution in [0.25, 0.3) is 0 Å². The van der Waals surface area contributed by atoms with E-state index in [1.54, 1.807) is 0 Å². The summed E-state index contributed by atoms with van der Waals surface area (Å²) in [4.78, 5) is 9.64. The lowest BCUT2D eigenvalue weighted by atomic mass is 10.2. The van der Waals surface area contributed by atoms with Crippen LogP contribution in [0.1, 0.15) is 32.2 Å². The summed E-state index contributed by atoms with van der Waals surface area (Å²) >= 11 is 1.86. The van der Waals surface area contributed by atoms with Crippen molar-refractivity contribution in [1.82, 2.24) is 20.3 Å². The standard InChI is InChI=1S/C17H31N5OS/c1-6-18-16(19-13-17(3,4)24-5)22-9-7-21(8-10-22)12-15-11-14(2)23-20-15/h11H,6-10,12-13H2,1-5H3,(H,18,19). The molecule has 0 spiro atoms. The molecule has 136 valence electrons. The molecule has 1 N–H and O–H groups in total. The van der Waals surface area contributed by atoms with E-state index in [-0.39, 0.29) is 4.75 Å². The first-order valence-corrected chi connectivity index (χ1v) is 9.89. The van der Waals surface area contributed by atoms with Gasteiger partial charge in [0, 0.05) is 50.1 Å². The maximum Gasteiger partial charge on any atom is 0.194 e. The number of aryl methyl sites for hydroxylation is 1. The van der Waals surface area contributed by atoms with Gasteiger partial charge in [0.15, 0.2) is 5.96 Å². The molecule has 6 nitrogen and oxygen atoms in total. The number of aromatic nitrogens is 1. The van der Waals surface area contributed by atoms with E-state index in [1.165, 1.54) is 0 Å². The molecule has 7 heteroatoms. The predicted octanol–water partition coefficient (Wildman–Crippen LogP) is 2.21. The summed E-state index contributed by atoms with van der Waals surface area (Å²) in [5.41, 5.74) is 1.02. The van der Waals surface area contributed by atoms with E-state index in [0.717, 1.165) is 63.2 Å². The summed E-state index contributed by atoms with van der Waals surface area (Å²) < 4.78 is 5.33. The molecule has 0 radical (unpaired) electrons. The average Bonchev–Trinajstić information content (AvgIpc) is 2.97. The van der Waals surface area contributed by atoms with Gasteiger partial charge in [-0.15, -0.1) is 0 Å². The van der Waals surface area contributed by atoms with E-state index in [1.807, 2.05) is 24.8 Å². The first kappa shape index (κ1) is 19.1. The zero-order valence-corrected chi connectivity index (χ0v) is 16.4. The Morgan fingerprint density at radius 2 is 2.08 bits per heavy atom. The molecule has 0 saturated carbocycles. The minimum Gasteiger partial charge on any atom is -0.361 e. The predicted molar refractivity (Wildman–Crippen MR) is 102 cm³/mol. The number of hydrogen-bond acceptors (Lipinski definition) is 5. The Kier molecular flexibility index (Phi) is 6.98. The van der Waals surface area contributed by atoms with Crippen LogP contribution in [0, 0.1) is 6.92 Å². The second-order valence-corrected chi connectivity index (χ2v) is 8.34. The summed E-state index contributed by atoms with van der Waals surface area (Å²) in [5, 5.41) is 7.53. The van der Waals surface area contributed by atoms with Crippen molar-refractivity contribution in [3.63, 3.8) is 0 Å². The minimum atomic E-state index is 0.174. The zero-order chi connectivity index (χ0) is 17.6. The van der Waals surface area contributed by atoms with Gasteiger partial charge in [-0.05, 0) is 34.0 Å². The molecule has 1 aromatic rings. The van der Waals surface area contributed by atoms with Crippen molar-refractivity contribution >= 4 is 17.7 Å². The Bertz CT molecular complexity index is 535. The van der Waals surface area contributed by atoms with E-state index in [0.29, 0.717) is 0 Å². The van der Waals surface area contributed by atoms with E-state index in [4.69, 9.17) is 9.52 Å². The molecule has 2 heterocycles. The molecule has 2 rings (SSSR count). The number of nitrogens with one attached hydrogen (secondary N) is 1. The van der Waals surface area contributed by atoms with Crippen molar-refractivity contribution in [3.05, 3.63) is 17.5 Å². The van der Waals surface area contributed by atoms with E-state index in [9.17, 15) is 0 Å². The highest BCUT2D eigenvalue weighted by Gasteiger charge is 2.22. The average molecular weight is 354 g/mol. The fourth-order valence-corrected chi connectivity index (χ4v) is 2.79. The van der Waals surface area contributed by atoms with Crippen molar-refractivity contribution in [2.24, 2.45) is 4.99 Å². The first-order valence-electron chi connectivity index (χ1n) is 8.66. The highest BCUT2D eigenvalue weighted by atomic mass is 32.2. The second kappa shape index (κ2) is 8.76. The lowest BCUT2D eigenvalue weighted by Gasteiger charge is -2.36. The molecule has 0 amide bonds. The van der Waals surface area contributed by atoms with Crippen LogP contribution < -0.4 is 5.32 Å². The summed E-state index contributed by atoms with van der Waals surface area (Å²) in [7, 11) is 0. The monoisotopic (exact) mass is 353 g/mol. The van der Waals surface area contributed by atoms with E-state index < -0.39 is 0 Å². The zero-order valence-electron chi connectivity index (χ0n) is 15.6. The van der Waals surface area contributed by atoms with Crippen molar-refractivity contribution in [2.75, 3.05) is 45.5 Å². The molecule has 1 aromatic heterocycles. The lowest BCUT2D eigenvalue weighted by molar-refractivity contribution is 0.169. The van der Waals surface area contributed by atoms with Gasteiger partial charge < -0.3 is 14.7 Å². The highest BCUT2D eigenvalue weighted by Crippen LogP contribution is 2.21. The van der Waals surface area contributed by atoms with Crippen LogP contribution >= 0.6 is 11.8 Å². The van der Waals surface area contributed by atoms with Crippen LogP contribution in [0.4, 0.5) is 0 Å². The van der Waals surface area contributed by atoms with Gasteiger partial charge in [-0.1, -0.05) is 5.16 Å². The smallest absolute Gasteiger partial charge is 0.194 e. The molecular formula is C17H31N5OS. The molecule has 0 bridgehead atoms. The van der Waals surface area contributed by atoms with Crippen molar-refractivity contribution in [2.45, 2.75) is 39.0 Å². The Labute approximate surface area is 150 Å². The molecule has 0 atom stereocenters. The largest absolute Gasteiger partial charge is 0.361 e. The Morgan fingerprint density at radius 1 is 1.38 bits per heavy atom. The van der Waals surface area contributed by atoms with E-state index >= 15 is 0 Å². The maximum absolute atomic E-state index is 5.15. The van der Waals surface area contributed by atoms with Gasteiger partial charge in [-0.25, -0.2) is 0 Å². The molecular weight excluding hydrogens is 322 g/mol. The normalized spacial score (nSPS) is 17.4. The fourth-order valence-electron chi connectivity index (χ4n) is 2.59. The minimum absolute atomic E-state index is 0.174. The van der Waals surface area contributed by atoms with Crippen molar-refractivity contribution < 1.29 is 4.52 Å². The van der Waals surface area contributed by atoms with Crippen LogP contribution in [0.2, 0.25) is 0 Å². The third-order valence-corrected chi connectivity index (χ3v) is 5.47. The van der Waals surface area contributed by atoms with Crippen LogP contribution in [-0.4, -0.2) is 71.2 Å². The molecule has 1 saturated heterocycles. The van der Waals surface area contributed by atoms with Crippen LogP contribution in [0.15, 0.2) is 15.6 Å². The number of rotatable bonds is 6. The number of nitrogens with zero attached hydrogens (tertiary/aromatic N) is 4. The first-order chi connectivity index (χ1) is 11.4. The third-order valence-electron chi connectivity index (χ3n) is 4.23. The number of aliphatic imine (C=N–C) groups is 1. The van der Waals surface area contributed by atoms with Gasteiger partial charge in [0.2, 0.25) is 0 Å². The van der Waals surface area contributed by atoms with Crippen molar-refractivity contribution in [3.8, 4) is 0 Å². The molecule has 1 fully saturated rings. The van der Waals surface area contributed by atoms with Crippen LogP contribution in [0.3, 0.4) is 0 Å². The molecule has 1 aliphatic rings. The second-order valence-electron chi connectivity index (χ2n) is 6.83. The van der Waals surface area contributed by atoms with Gasteiger partial charge in [0.1, 0.15) is 5.76 Å². The third kappa shape index (κ3) is 5.70. The number of piperazine rings is 1. The van der Waals surface area contributed by atoms with Gasteiger partial charge in [0.25, 0.3) is 0 Å². The summed E-state index contributed by atoms with van der Waals surface area (Å²) in [6.07, 6.45) is 2.15. The van der Waals surface area contributed by atoms with E-state index in [2.05, 4.69) is 47.3 Å². The fraction of sp³-hybridized carbons (Fsp3) is 0.765.